The summed E-state index contributed by atoms with van der Waals surface area (Å²) < 4.78 is 3.02. The van der Waals surface area contributed by atoms with Crippen molar-refractivity contribution in [2.24, 2.45) is 0 Å². The number of aliphatic hydroxyl groups is 1. The minimum absolute atomic E-state index is 0.00956. The molecule has 1 aromatic heterocycles. The number of carbonyl (C=O) groups is 2. The van der Waals surface area contributed by atoms with Gasteiger partial charge in [0.1, 0.15) is 6.04 Å². The van der Waals surface area contributed by atoms with Crippen LogP contribution in [-0.2, 0) is 16.1 Å². The number of aromatic nitrogens is 2. The SMILES string of the molecule is O=C1CCC(n2c(=O)n(CCCO)c3ccccc32)C(=O)N1. The summed E-state index contributed by atoms with van der Waals surface area (Å²) in [5.41, 5.74) is 1.11. The smallest absolute Gasteiger partial charge is 0.329 e. The number of imidazole rings is 1. The van der Waals surface area contributed by atoms with Crippen LogP contribution in [-0.4, -0.2) is 32.7 Å². The highest BCUT2D eigenvalue weighted by Gasteiger charge is 2.31. The van der Waals surface area contributed by atoms with Crippen molar-refractivity contribution in [2.75, 3.05) is 6.61 Å². The van der Waals surface area contributed by atoms with Crippen molar-refractivity contribution in [3.8, 4) is 0 Å². The lowest BCUT2D eigenvalue weighted by atomic mass is 10.1. The number of nitrogens with zero attached hydrogens (tertiary/aromatic N) is 2. The number of nitrogens with one attached hydrogen (secondary N) is 1. The summed E-state index contributed by atoms with van der Waals surface area (Å²) in [6.45, 7) is 0.375. The van der Waals surface area contributed by atoms with Crippen LogP contribution in [0.2, 0.25) is 0 Å². The second-order valence-electron chi connectivity index (χ2n) is 5.34. The Morgan fingerprint density at radius 1 is 1.18 bits per heavy atom. The molecule has 0 spiro atoms. The van der Waals surface area contributed by atoms with Crippen molar-refractivity contribution in [3.63, 3.8) is 0 Å². The Morgan fingerprint density at radius 2 is 1.91 bits per heavy atom. The van der Waals surface area contributed by atoms with Gasteiger partial charge in [0.2, 0.25) is 11.8 Å². The van der Waals surface area contributed by atoms with Gasteiger partial charge in [-0.3, -0.25) is 24.0 Å². The third kappa shape index (κ3) is 2.33. The summed E-state index contributed by atoms with van der Waals surface area (Å²) in [4.78, 5) is 36.1. The number of fused-ring (bicyclic) bond motifs is 1. The van der Waals surface area contributed by atoms with Gasteiger partial charge in [0, 0.05) is 19.6 Å². The van der Waals surface area contributed by atoms with Crippen molar-refractivity contribution in [2.45, 2.75) is 31.8 Å². The van der Waals surface area contributed by atoms with E-state index in [0.29, 0.717) is 24.9 Å². The van der Waals surface area contributed by atoms with Gasteiger partial charge in [0.15, 0.2) is 0 Å². The molecule has 1 unspecified atom stereocenters. The second-order valence-corrected chi connectivity index (χ2v) is 5.34. The summed E-state index contributed by atoms with van der Waals surface area (Å²) >= 11 is 0. The van der Waals surface area contributed by atoms with E-state index in [1.165, 1.54) is 4.57 Å². The maximum atomic E-state index is 12.7. The molecule has 2 aromatic rings. The zero-order valence-corrected chi connectivity index (χ0v) is 12.0. The number of carbonyl (C=O) groups excluding carboxylic acids is 2. The number of hydrogen-bond acceptors (Lipinski definition) is 4. The molecule has 1 fully saturated rings. The first-order valence-corrected chi connectivity index (χ1v) is 7.28. The standard InChI is InChI=1S/C15H17N3O4/c19-9-3-8-17-10-4-1-2-5-11(10)18(15(17)22)12-6-7-13(20)16-14(12)21/h1-2,4-5,12,19H,3,6-9H2,(H,16,20,21). The average Bonchev–Trinajstić information content (AvgIpc) is 2.78. The summed E-state index contributed by atoms with van der Waals surface area (Å²) in [6.07, 6.45) is 1.00. The largest absolute Gasteiger partial charge is 0.396 e. The second kappa shape index (κ2) is 5.76. The molecule has 22 heavy (non-hydrogen) atoms. The fourth-order valence-electron chi connectivity index (χ4n) is 2.91. The molecule has 1 atom stereocenters. The first kappa shape index (κ1) is 14.5. The van der Waals surface area contributed by atoms with Gasteiger partial charge in [-0.05, 0) is 25.0 Å². The van der Waals surface area contributed by atoms with Crippen molar-refractivity contribution >= 4 is 22.8 Å². The van der Waals surface area contributed by atoms with Crippen LogP contribution in [0.5, 0.6) is 0 Å². The molecule has 0 radical (unpaired) electrons. The molecule has 2 N–H and O–H groups in total. The molecular weight excluding hydrogens is 286 g/mol. The Hall–Kier alpha value is -2.41. The van der Waals surface area contributed by atoms with Crippen LogP contribution in [0.25, 0.3) is 11.0 Å². The molecule has 7 nitrogen and oxygen atoms in total. The van der Waals surface area contributed by atoms with Gasteiger partial charge < -0.3 is 5.11 Å². The van der Waals surface area contributed by atoms with Crippen LogP contribution in [0.15, 0.2) is 29.1 Å². The monoisotopic (exact) mass is 303 g/mol. The first-order valence-electron chi connectivity index (χ1n) is 7.28. The number of para-hydroxylation sites is 2. The molecule has 0 bridgehead atoms. The van der Waals surface area contributed by atoms with Crippen molar-refractivity contribution in [3.05, 3.63) is 34.7 Å². The Balaban J connectivity index is 2.13. The molecule has 3 rings (SSSR count). The van der Waals surface area contributed by atoms with E-state index in [0.717, 1.165) is 5.52 Å². The molecule has 2 heterocycles. The molecule has 116 valence electrons. The van der Waals surface area contributed by atoms with Crippen LogP contribution in [0.3, 0.4) is 0 Å². The minimum Gasteiger partial charge on any atom is -0.396 e. The lowest BCUT2D eigenvalue weighted by Crippen LogP contribution is -2.44. The van der Waals surface area contributed by atoms with Crippen LogP contribution in [0.4, 0.5) is 0 Å². The Kier molecular flexibility index (Phi) is 3.81. The van der Waals surface area contributed by atoms with Gasteiger partial charge in [-0.25, -0.2) is 4.79 Å². The van der Waals surface area contributed by atoms with E-state index in [4.69, 9.17) is 5.11 Å². The minimum atomic E-state index is -0.675. The number of aliphatic hydroxyl groups excluding tert-OH is 1. The van der Waals surface area contributed by atoms with Crippen LogP contribution in [0.1, 0.15) is 25.3 Å². The number of aryl methyl sites for hydroxylation is 1. The van der Waals surface area contributed by atoms with Gasteiger partial charge in [-0.1, -0.05) is 12.1 Å². The molecular formula is C15H17N3O4. The van der Waals surface area contributed by atoms with E-state index in [1.807, 2.05) is 12.1 Å². The normalized spacial score (nSPS) is 18.7. The van der Waals surface area contributed by atoms with E-state index in [2.05, 4.69) is 5.32 Å². The molecule has 0 saturated carbocycles. The number of amides is 2. The fourth-order valence-corrected chi connectivity index (χ4v) is 2.91. The van der Waals surface area contributed by atoms with Crippen LogP contribution in [0, 0.1) is 0 Å². The van der Waals surface area contributed by atoms with Crippen molar-refractivity contribution in [1.82, 2.24) is 14.5 Å². The molecule has 0 aliphatic carbocycles. The molecule has 1 aromatic carbocycles. The molecule has 1 saturated heterocycles. The molecule has 1 aliphatic heterocycles. The Morgan fingerprint density at radius 3 is 2.59 bits per heavy atom. The fraction of sp³-hybridized carbons (Fsp3) is 0.400. The van der Waals surface area contributed by atoms with Crippen LogP contribution >= 0.6 is 0 Å². The highest BCUT2D eigenvalue weighted by atomic mass is 16.3. The van der Waals surface area contributed by atoms with E-state index < -0.39 is 11.9 Å². The zero-order valence-electron chi connectivity index (χ0n) is 12.0. The van der Waals surface area contributed by atoms with Gasteiger partial charge in [-0.15, -0.1) is 0 Å². The summed E-state index contributed by atoms with van der Waals surface area (Å²) in [7, 11) is 0. The number of rotatable bonds is 4. The maximum absolute atomic E-state index is 12.7. The molecule has 7 heteroatoms. The number of imide groups is 1. The topological polar surface area (TPSA) is 93.3 Å². The lowest BCUT2D eigenvalue weighted by molar-refractivity contribution is -0.135. The third-order valence-corrected chi connectivity index (χ3v) is 3.93. The third-order valence-electron chi connectivity index (χ3n) is 3.93. The van der Waals surface area contributed by atoms with E-state index in [-0.39, 0.29) is 24.6 Å². The Bertz CT molecular complexity index is 790. The first-order chi connectivity index (χ1) is 10.6. The summed E-state index contributed by atoms with van der Waals surface area (Å²) in [6, 6.07) is 6.56. The van der Waals surface area contributed by atoms with E-state index >= 15 is 0 Å². The van der Waals surface area contributed by atoms with Crippen LogP contribution < -0.4 is 11.0 Å². The summed E-state index contributed by atoms with van der Waals surface area (Å²) in [5.74, 6) is -0.748. The maximum Gasteiger partial charge on any atom is 0.329 e. The molecule has 1 aliphatic rings. The predicted octanol–water partition coefficient (Wildman–Crippen LogP) is 0.163. The predicted molar refractivity (Wildman–Crippen MR) is 79.3 cm³/mol. The lowest BCUT2D eigenvalue weighted by Gasteiger charge is -2.21. The Labute approximate surface area is 126 Å². The molecule has 2 amide bonds. The highest BCUT2D eigenvalue weighted by molar-refractivity contribution is 6.00. The zero-order chi connectivity index (χ0) is 15.7. The number of piperidine rings is 1. The van der Waals surface area contributed by atoms with Crippen molar-refractivity contribution in [1.29, 1.82) is 0 Å². The van der Waals surface area contributed by atoms with Gasteiger partial charge in [0.05, 0.1) is 11.0 Å². The number of benzene rings is 1. The highest BCUT2D eigenvalue weighted by Crippen LogP contribution is 2.23. The van der Waals surface area contributed by atoms with Crippen molar-refractivity contribution < 1.29 is 14.7 Å². The quantitative estimate of drug-likeness (QED) is 0.787. The van der Waals surface area contributed by atoms with E-state index in [1.54, 1.807) is 16.7 Å². The van der Waals surface area contributed by atoms with Gasteiger partial charge >= 0.3 is 5.69 Å². The number of hydrogen-bond donors (Lipinski definition) is 2. The average molecular weight is 303 g/mol. The van der Waals surface area contributed by atoms with E-state index in [9.17, 15) is 14.4 Å². The van der Waals surface area contributed by atoms with Gasteiger partial charge in [0.25, 0.3) is 0 Å². The van der Waals surface area contributed by atoms with Gasteiger partial charge in [-0.2, -0.15) is 0 Å². The summed E-state index contributed by atoms with van der Waals surface area (Å²) in [5, 5.41) is 11.3.